The smallest absolute Gasteiger partial charge is 0.407 e. The van der Waals surface area contributed by atoms with Crippen LogP contribution < -0.4 is 16.4 Å². The summed E-state index contributed by atoms with van der Waals surface area (Å²) < 4.78 is 10.7. The number of carboxylic acid groups (broad SMARTS) is 1. The molecule has 164 valence electrons. The summed E-state index contributed by atoms with van der Waals surface area (Å²) in [7, 11) is 0. The predicted octanol–water partition coefficient (Wildman–Crippen LogP) is -0.171. The number of carbonyl (C=O) groups is 3. The summed E-state index contributed by atoms with van der Waals surface area (Å²) in [6.45, 7) is 5.54. The van der Waals surface area contributed by atoms with Crippen molar-refractivity contribution in [3.05, 3.63) is 11.6 Å². The fraction of sp³-hybridized carbons (Fsp3) is 0.737. The van der Waals surface area contributed by atoms with Gasteiger partial charge in [-0.3, -0.25) is 9.69 Å². The number of aliphatic carboxylic acids is 1. The molecule has 0 aromatic rings. The Kier molecular flexibility index (Phi) is 8.87. The number of likely N-dealkylation sites (tertiary alicyclic amines) is 1. The lowest BCUT2D eigenvalue weighted by Crippen LogP contribution is -2.62. The number of amides is 2. The van der Waals surface area contributed by atoms with Gasteiger partial charge in [0, 0.05) is 31.6 Å². The van der Waals surface area contributed by atoms with Gasteiger partial charge < -0.3 is 30.9 Å². The van der Waals surface area contributed by atoms with Crippen molar-refractivity contribution in [3.63, 3.8) is 0 Å². The fourth-order valence-corrected chi connectivity index (χ4v) is 3.86. The first-order valence-corrected chi connectivity index (χ1v) is 10.0. The largest absolute Gasteiger partial charge is 0.478 e. The molecule has 0 radical (unpaired) electrons. The van der Waals surface area contributed by atoms with Gasteiger partial charge >= 0.3 is 12.1 Å². The van der Waals surface area contributed by atoms with E-state index < -0.39 is 18.1 Å². The van der Waals surface area contributed by atoms with E-state index in [0.717, 1.165) is 19.4 Å². The summed E-state index contributed by atoms with van der Waals surface area (Å²) >= 11 is 0. The normalized spacial score (nSPS) is 27.6. The minimum atomic E-state index is -0.985. The molecule has 2 amide bonds. The Morgan fingerprint density at radius 1 is 1.38 bits per heavy atom. The Balaban J connectivity index is 1.98. The van der Waals surface area contributed by atoms with Gasteiger partial charge in [-0.05, 0) is 32.7 Å². The number of nitrogens with one attached hydrogen (secondary N) is 2. The number of nitrogens with zero attached hydrogens (tertiary/aromatic N) is 1. The van der Waals surface area contributed by atoms with E-state index in [0.29, 0.717) is 26.3 Å². The lowest BCUT2D eigenvalue weighted by Gasteiger charge is -2.44. The topological polar surface area (TPSA) is 143 Å². The molecule has 0 aromatic heterocycles. The van der Waals surface area contributed by atoms with Crippen molar-refractivity contribution in [3.8, 4) is 0 Å². The number of hydrogen-bond acceptors (Lipinski definition) is 7. The van der Waals surface area contributed by atoms with E-state index in [2.05, 4.69) is 15.5 Å². The molecule has 4 atom stereocenters. The zero-order valence-electron chi connectivity index (χ0n) is 17.1. The Hall–Kier alpha value is -2.17. The molecule has 1 aliphatic heterocycles. The minimum absolute atomic E-state index is 0.0504. The third-order valence-electron chi connectivity index (χ3n) is 5.13. The molecule has 5 N–H and O–H groups in total. The van der Waals surface area contributed by atoms with Crippen molar-refractivity contribution < 1.29 is 29.0 Å². The lowest BCUT2D eigenvalue weighted by atomic mass is 9.85. The average molecular weight is 412 g/mol. The first-order valence-electron chi connectivity index (χ1n) is 10.0. The number of hydrogen-bond donors (Lipinski definition) is 4. The molecule has 1 saturated heterocycles. The molecule has 10 nitrogen and oxygen atoms in total. The second-order valence-corrected chi connectivity index (χ2v) is 7.36. The molecule has 29 heavy (non-hydrogen) atoms. The van der Waals surface area contributed by atoms with Crippen LogP contribution in [0.1, 0.15) is 33.1 Å². The molecule has 0 aromatic carbocycles. The summed E-state index contributed by atoms with van der Waals surface area (Å²) in [4.78, 5) is 36.6. The summed E-state index contributed by atoms with van der Waals surface area (Å²) in [5, 5.41) is 14.9. The minimum Gasteiger partial charge on any atom is -0.478 e. The Bertz CT molecular complexity index is 626. The van der Waals surface area contributed by atoms with Gasteiger partial charge in [-0.2, -0.15) is 0 Å². The fourth-order valence-electron chi connectivity index (χ4n) is 3.86. The SMILES string of the molecule is CCOC(=O)NCCO[C@@H]1CCCN(C2C=C(C(=O)O)C[C@H](N)[C@H]2NC(C)=O)C1. The first kappa shape index (κ1) is 23.1. The van der Waals surface area contributed by atoms with Gasteiger partial charge in [0.1, 0.15) is 0 Å². The number of ether oxygens (including phenoxy) is 2. The van der Waals surface area contributed by atoms with Crippen LogP contribution in [-0.4, -0.2) is 85.1 Å². The van der Waals surface area contributed by atoms with E-state index in [1.165, 1.54) is 6.92 Å². The van der Waals surface area contributed by atoms with Crippen LogP contribution in [0.4, 0.5) is 4.79 Å². The van der Waals surface area contributed by atoms with Crippen LogP contribution in [0.15, 0.2) is 11.6 Å². The Morgan fingerprint density at radius 3 is 2.79 bits per heavy atom. The zero-order valence-corrected chi connectivity index (χ0v) is 17.1. The van der Waals surface area contributed by atoms with Crippen molar-refractivity contribution in [2.45, 2.75) is 57.3 Å². The number of piperidine rings is 1. The summed E-state index contributed by atoms with van der Waals surface area (Å²) in [6, 6.07) is -1.15. The van der Waals surface area contributed by atoms with E-state index in [1.807, 2.05) is 0 Å². The van der Waals surface area contributed by atoms with E-state index in [4.69, 9.17) is 15.2 Å². The van der Waals surface area contributed by atoms with Crippen LogP contribution in [0.5, 0.6) is 0 Å². The van der Waals surface area contributed by atoms with Gasteiger partial charge in [-0.15, -0.1) is 0 Å². The quantitative estimate of drug-likeness (QED) is 0.402. The number of nitrogens with two attached hydrogens (primary N) is 1. The molecule has 0 saturated carbocycles. The molecule has 1 heterocycles. The van der Waals surface area contributed by atoms with Crippen molar-refractivity contribution in [2.75, 3.05) is 32.8 Å². The maximum Gasteiger partial charge on any atom is 0.407 e. The highest BCUT2D eigenvalue weighted by atomic mass is 16.5. The molecule has 10 heteroatoms. The molecule has 0 bridgehead atoms. The number of rotatable bonds is 8. The maximum atomic E-state index is 11.6. The standard InChI is InChI=1S/C19H32N4O6/c1-3-28-19(27)21-6-8-29-14-5-4-7-23(11-14)16-10-13(18(25)26)9-15(20)17(16)22-12(2)24/h10,14-17H,3-9,11,20H2,1-2H3,(H,21,27)(H,22,24)(H,25,26)/t14-,15+,16?,17-/m1/s1. The van der Waals surface area contributed by atoms with Crippen molar-refractivity contribution in [2.24, 2.45) is 5.73 Å². The number of alkyl carbamates (subject to hydrolysis) is 1. The van der Waals surface area contributed by atoms with Gasteiger partial charge in [0.15, 0.2) is 0 Å². The third-order valence-corrected chi connectivity index (χ3v) is 5.13. The van der Waals surface area contributed by atoms with Crippen LogP contribution in [0.25, 0.3) is 0 Å². The van der Waals surface area contributed by atoms with Gasteiger partial charge in [-0.1, -0.05) is 6.08 Å². The predicted molar refractivity (Wildman–Crippen MR) is 105 cm³/mol. The highest BCUT2D eigenvalue weighted by Crippen LogP contribution is 2.26. The second kappa shape index (κ2) is 11.1. The summed E-state index contributed by atoms with van der Waals surface area (Å²) in [6.07, 6.45) is 3.15. The summed E-state index contributed by atoms with van der Waals surface area (Å²) in [5.41, 5.74) is 6.48. The zero-order chi connectivity index (χ0) is 21.4. The lowest BCUT2D eigenvalue weighted by molar-refractivity contribution is -0.133. The molecular formula is C19H32N4O6. The molecule has 1 unspecified atom stereocenters. The van der Waals surface area contributed by atoms with Gasteiger partial charge in [-0.25, -0.2) is 9.59 Å². The first-order chi connectivity index (χ1) is 13.8. The van der Waals surface area contributed by atoms with Crippen LogP contribution in [0, 0.1) is 0 Å². The van der Waals surface area contributed by atoms with Gasteiger partial charge in [0.2, 0.25) is 5.91 Å². The van der Waals surface area contributed by atoms with Crippen LogP contribution in [-0.2, 0) is 19.1 Å². The number of carbonyl (C=O) groups excluding carboxylic acids is 2. The van der Waals surface area contributed by atoms with Crippen LogP contribution in [0.2, 0.25) is 0 Å². The van der Waals surface area contributed by atoms with E-state index in [9.17, 15) is 19.5 Å². The second-order valence-electron chi connectivity index (χ2n) is 7.36. The molecule has 1 fully saturated rings. The highest BCUT2D eigenvalue weighted by molar-refractivity contribution is 5.87. The summed E-state index contributed by atoms with van der Waals surface area (Å²) in [5.74, 6) is -1.18. The average Bonchev–Trinajstić information content (AvgIpc) is 2.66. The van der Waals surface area contributed by atoms with Crippen LogP contribution in [0.3, 0.4) is 0 Å². The highest BCUT2D eigenvalue weighted by Gasteiger charge is 2.38. The van der Waals surface area contributed by atoms with E-state index >= 15 is 0 Å². The van der Waals surface area contributed by atoms with Crippen LogP contribution >= 0.6 is 0 Å². The monoisotopic (exact) mass is 412 g/mol. The molecule has 1 aliphatic carbocycles. The molecule has 2 rings (SSSR count). The van der Waals surface area contributed by atoms with Crippen molar-refractivity contribution in [1.29, 1.82) is 0 Å². The van der Waals surface area contributed by atoms with E-state index in [-0.39, 0.29) is 36.1 Å². The molecule has 2 aliphatic rings. The maximum absolute atomic E-state index is 11.6. The third kappa shape index (κ3) is 6.98. The van der Waals surface area contributed by atoms with E-state index in [1.54, 1.807) is 13.0 Å². The molecule has 0 spiro atoms. The Morgan fingerprint density at radius 2 is 2.14 bits per heavy atom. The van der Waals surface area contributed by atoms with Gasteiger partial charge in [0.05, 0.1) is 31.4 Å². The van der Waals surface area contributed by atoms with Crippen molar-refractivity contribution >= 4 is 18.0 Å². The molecular weight excluding hydrogens is 380 g/mol. The Labute approximate surface area is 170 Å². The van der Waals surface area contributed by atoms with Crippen molar-refractivity contribution in [1.82, 2.24) is 15.5 Å². The number of carboxylic acids is 1. The van der Waals surface area contributed by atoms with Gasteiger partial charge in [0.25, 0.3) is 0 Å².